The molecular formula is C11H15N3S. The molecule has 0 aliphatic carbocycles. The molecule has 0 saturated carbocycles. The van der Waals surface area contributed by atoms with Gasteiger partial charge < -0.3 is 10.6 Å². The molecule has 0 bridgehead atoms. The van der Waals surface area contributed by atoms with Crippen LogP contribution in [-0.2, 0) is 6.54 Å². The molecule has 1 aliphatic heterocycles. The highest BCUT2D eigenvalue weighted by atomic mass is 32.2. The Kier molecular flexibility index (Phi) is 3.28. The molecule has 4 heteroatoms. The zero-order chi connectivity index (χ0) is 10.7. The molecule has 2 heterocycles. The van der Waals surface area contributed by atoms with E-state index in [2.05, 4.69) is 34.7 Å². The molecule has 15 heavy (non-hydrogen) atoms. The lowest BCUT2D eigenvalue weighted by atomic mass is 10.2. The van der Waals surface area contributed by atoms with Crippen LogP contribution in [0.2, 0.25) is 0 Å². The molecule has 1 aromatic rings. The molecular weight excluding hydrogens is 206 g/mol. The summed E-state index contributed by atoms with van der Waals surface area (Å²) in [4.78, 5) is 5.74. The van der Waals surface area contributed by atoms with E-state index in [0.29, 0.717) is 0 Å². The van der Waals surface area contributed by atoms with Crippen molar-refractivity contribution in [3.8, 4) is 0 Å². The molecule has 0 radical (unpaired) electrons. The molecule has 1 aliphatic rings. The second kappa shape index (κ2) is 4.68. The lowest BCUT2D eigenvalue weighted by Crippen LogP contribution is -2.05. The van der Waals surface area contributed by atoms with Gasteiger partial charge in [0.15, 0.2) is 0 Å². The molecule has 2 N–H and O–H groups in total. The van der Waals surface area contributed by atoms with Crippen LogP contribution in [0.5, 0.6) is 0 Å². The molecule has 0 fully saturated rings. The predicted molar refractivity (Wildman–Crippen MR) is 65.2 cm³/mol. The van der Waals surface area contributed by atoms with Crippen molar-refractivity contribution in [3.05, 3.63) is 35.3 Å². The van der Waals surface area contributed by atoms with E-state index in [9.17, 15) is 0 Å². The van der Waals surface area contributed by atoms with Crippen LogP contribution in [-0.4, -0.2) is 17.9 Å². The summed E-state index contributed by atoms with van der Waals surface area (Å²) in [6, 6.07) is 4.21. The molecule has 0 saturated heterocycles. The van der Waals surface area contributed by atoms with Crippen molar-refractivity contribution in [1.82, 2.24) is 15.6 Å². The number of hydrogen-bond acceptors (Lipinski definition) is 4. The number of aromatic nitrogens is 1. The molecule has 2 rings (SSSR count). The summed E-state index contributed by atoms with van der Waals surface area (Å²) in [6.45, 7) is 2.97. The van der Waals surface area contributed by atoms with E-state index in [0.717, 1.165) is 18.1 Å². The summed E-state index contributed by atoms with van der Waals surface area (Å²) in [6.07, 6.45) is 1.94. The second-order valence-corrected chi connectivity index (χ2v) is 4.49. The first-order chi connectivity index (χ1) is 7.31. The topological polar surface area (TPSA) is 37.0 Å². The van der Waals surface area contributed by atoms with E-state index in [1.165, 1.54) is 16.2 Å². The van der Waals surface area contributed by atoms with E-state index in [1.54, 1.807) is 0 Å². The van der Waals surface area contributed by atoms with Gasteiger partial charge in [-0.15, -0.1) is 11.8 Å². The number of nitrogens with zero attached hydrogens (tertiary/aromatic N) is 1. The van der Waals surface area contributed by atoms with Crippen LogP contribution in [0.4, 0.5) is 0 Å². The van der Waals surface area contributed by atoms with Crippen LogP contribution in [0.3, 0.4) is 0 Å². The van der Waals surface area contributed by atoms with Crippen molar-refractivity contribution in [3.63, 3.8) is 0 Å². The Hall–Kier alpha value is -1.00. The third-order valence-electron chi connectivity index (χ3n) is 2.33. The first kappa shape index (κ1) is 10.5. The lowest BCUT2D eigenvalue weighted by molar-refractivity contribution is 0.813. The van der Waals surface area contributed by atoms with E-state index in [-0.39, 0.29) is 0 Å². The Bertz CT molecular complexity index is 370. The Morgan fingerprint density at radius 1 is 1.53 bits per heavy atom. The largest absolute Gasteiger partial charge is 0.378 e. The standard InChI is InChI=1S/C11H15N3S/c1-8-11(15-7-14-8)10-4-3-9(5-12-2)6-13-10/h3-4,6,12,14H,5,7H2,1-2H3. The van der Waals surface area contributed by atoms with Gasteiger partial charge in [-0.3, -0.25) is 4.98 Å². The van der Waals surface area contributed by atoms with Crippen molar-refractivity contribution in [2.45, 2.75) is 13.5 Å². The highest BCUT2D eigenvalue weighted by Gasteiger charge is 2.13. The highest BCUT2D eigenvalue weighted by Crippen LogP contribution is 2.32. The quantitative estimate of drug-likeness (QED) is 0.816. The fourth-order valence-electron chi connectivity index (χ4n) is 1.54. The van der Waals surface area contributed by atoms with Crippen LogP contribution in [0.25, 0.3) is 4.91 Å². The molecule has 80 valence electrons. The third-order valence-corrected chi connectivity index (χ3v) is 3.43. The van der Waals surface area contributed by atoms with Gasteiger partial charge in [0.2, 0.25) is 0 Å². The molecule has 3 nitrogen and oxygen atoms in total. The van der Waals surface area contributed by atoms with Gasteiger partial charge in [-0.1, -0.05) is 6.07 Å². The van der Waals surface area contributed by atoms with Crippen molar-refractivity contribution in [2.75, 3.05) is 12.9 Å². The van der Waals surface area contributed by atoms with E-state index < -0.39 is 0 Å². The van der Waals surface area contributed by atoms with Crippen molar-refractivity contribution in [2.24, 2.45) is 0 Å². The monoisotopic (exact) mass is 221 g/mol. The van der Waals surface area contributed by atoms with Crippen molar-refractivity contribution >= 4 is 16.7 Å². The Morgan fingerprint density at radius 3 is 2.93 bits per heavy atom. The lowest BCUT2D eigenvalue weighted by Gasteiger charge is -2.03. The molecule has 0 aromatic carbocycles. The Balaban J connectivity index is 2.20. The summed E-state index contributed by atoms with van der Waals surface area (Å²) in [5.41, 5.74) is 3.52. The van der Waals surface area contributed by atoms with E-state index in [1.807, 2.05) is 25.0 Å². The molecule has 0 atom stereocenters. The number of rotatable bonds is 3. The van der Waals surface area contributed by atoms with Gasteiger partial charge in [-0.2, -0.15) is 0 Å². The average molecular weight is 221 g/mol. The Morgan fingerprint density at radius 2 is 2.40 bits per heavy atom. The first-order valence-electron chi connectivity index (χ1n) is 4.98. The maximum atomic E-state index is 4.47. The zero-order valence-electron chi connectivity index (χ0n) is 9.00. The van der Waals surface area contributed by atoms with Crippen molar-refractivity contribution in [1.29, 1.82) is 0 Å². The highest BCUT2D eigenvalue weighted by molar-refractivity contribution is 8.08. The average Bonchev–Trinajstić information content (AvgIpc) is 2.66. The summed E-state index contributed by atoms with van der Waals surface area (Å²) in [5.74, 6) is 0.959. The number of allylic oxidation sites excluding steroid dienone is 1. The van der Waals surface area contributed by atoms with Crippen LogP contribution in [0, 0.1) is 0 Å². The number of hydrogen-bond donors (Lipinski definition) is 2. The second-order valence-electron chi connectivity index (χ2n) is 3.50. The maximum Gasteiger partial charge on any atom is 0.0783 e. The molecule has 0 unspecified atom stereocenters. The van der Waals surface area contributed by atoms with Crippen LogP contribution in [0.15, 0.2) is 24.0 Å². The Labute approximate surface area is 94.4 Å². The molecule has 1 aromatic heterocycles. The minimum atomic E-state index is 0.872. The summed E-state index contributed by atoms with van der Waals surface area (Å²) in [5, 5.41) is 6.41. The summed E-state index contributed by atoms with van der Waals surface area (Å²) in [7, 11) is 1.94. The zero-order valence-corrected chi connectivity index (χ0v) is 9.82. The van der Waals surface area contributed by atoms with Crippen LogP contribution < -0.4 is 10.6 Å². The minimum absolute atomic E-state index is 0.872. The number of nitrogens with one attached hydrogen (secondary N) is 2. The van der Waals surface area contributed by atoms with Crippen LogP contribution >= 0.6 is 11.8 Å². The maximum absolute atomic E-state index is 4.47. The van der Waals surface area contributed by atoms with E-state index >= 15 is 0 Å². The molecule has 0 amide bonds. The third kappa shape index (κ3) is 2.33. The normalized spacial score (nSPS) is 15.6. The minimum Gasteiger partial charge on any atom is -0.378 e. The van der Waals surface area contributed by atoms with Gasteiger partial charge in [-0.05, 0) is 25.6 Å². The van der Waals surface area contributed by atoms with Crippen LogP contribution in [0.1, 0.15) is 18.2 Å². The molecule has 0 spiro atoms. The SMILES string of the molecule is CNCc1ccc(C2=C(C)NCS2)nc1. The van der Waals surface area contributed by atoms with Gasteiger partial charge in [0, 0.05) is 18.4 Å². The van der Waals surface area contributed by atoms with Gasteiger partial charge in [0.05, 0.1) is 16.5 Å². The summed E-state index contributed by atoms with van der Waals surface area (Å²) < 4.78 is 0. The first-order valence-corrected chi connectivity index (χ1v) is 5.97. The van der Waals surface area contributed by atoms with Gasteiger partial charge in [0.25, 0.3) is 0 Å². The van der Waals surface area contributed by atoms with Crippen molar-refractivity contribution < 1.29 is 0 Å². The summed E-state index contributed by atoms with van der Waals surface area (Å²) >= 11 is 1.81. The fraction of sp³-hybridized carbons (Fsp3) is 0.364. The predicted octanol–water partition coefficient (Wildman–Crippen LogP) is 1.78. The smallest absolute Gasteiger partial charge is 0.0783 e. The van der Waals surface area contributed by atoms with Gasteiger partial charge in [0.1, 0.15) is 0 Å². The fourth-order valence-corrected chi connectivity index (χ4v) is 2.53. The van der Waals surface area contributed by atoms with E-state index in [4.69, 9.17) is 0 Å². The number of pyridine rings is 1. The van der Waals surface area contributed by atoms with Gasteiger partial charge >= 0.3 is 0 Å². The number of thioether (sulfide) groups is 1. The van der Waals surface area contributed by atoms with Gasteiger partial charge in [-0.25, -0.2) is 0 Å².